The Morgan fingerprint density at radius 1 is 1.33 bits per heavy atom. The van der Waals surface area contributed by atoms with E-state index in [4.69, 9.17) is 5.11 Å². The second-order valence-corrected chi connectivity index (χ2v) is 7.88. The van der Waals surface area contributed by atoms with Crippen LogP contribution >= 0.6 is 15.9 Å². The fourth-order valence-electron chi connectivity index (χ4n) is 4.15. The Morgan fingerprint density at radius 2 is 2.07 bits per heavy atom. The first kappa shape index (κ1) is 17.8. The largest absolute Gasteiger partial charge is 0.465 e. The molecule has 2 aliphatic rings. The van der Waals surface area contributed by atoms with Crippen LogP contribution in [0.3, 0.4) is 0 Å². The monoisotopic (exact) mass is 430 g/mol. The van der Waals surface area contributed by atoms with Crippen LogP contribution in [0.4, 0.5) is 16.2 Å². The average Bonchev–Trinajstić information content (AvgIpc) is 2.94. The number of nitrogens with zero attached hydrogens (tertiary/aromatic N) is 3. The predicted octanol–water partition coefficient (Wildman–Crippen LogP) is 3.51. The number of amides is 1. The van der Waals surface area contributed by atoms with E-state index >= 15 is 0 Å². The van der Waals surface area contributed by atoms with Crippen LogP contribution in [0.5, 0.6) is 0 Å². The van der Waals surface area contributed by atoms with Gasteiger partial charge < -0.3 is 20.2 Å². The first-order valence-corrected chi connectivity index (χ1v) is 9.64. The number of halogens is 1. The molecule has 4 rings (SSSR count). The van der Waals surface area contributed by atoms with Gasteiger partial charge in [-0.15, -0.1) is 0 Å². The number of nitrogens with one attached hydrogen (secondary N) is 1. The Kier molecular flexibility index (Phi) is 4.53. The normalized spacial score (nSPS) is 21.9. The number of hydrogen-bond donors (Lipinski definition) is 2. The second-order valence-electron chi connectivity index (χ2n) is 6.96. The number of anilines is 2. The van der Waals surface area contributed by atoms with Crippen molar-refractivity contribution in [1.82, 2.24) is 10.3 Å². The minimum Gasteiger partial charge on any atom is -0.465 e. The van der Waals surface area contributed by atoms with Crippen molar-refractivity contribution in [2.75, 3.05) is 16.8 Å². The Balaban J connectivity index is 1.75. The molecule has 1 aliphatic heterocycles. The Labute approximate surface area is 164 Å². The number of rotatable bonds is 2. The molecule has 1 amide bonds. The summed E-state index contributed by atoms with van der Waals surface area (Å²) < 4.78 is 0.950. The molecular weight excluding hydrogens is 412 g/mol. The molecule has 7 nitrogen and oxygen atoms in total. The zero-order valence-electron chi connectivity index (χ0n) is 14.8. The Morgan fingerprint density at radius 3 is 2.74 bits per heavy atom. The summed E-state index contributed by atoms with van der Waals surface area (Å²) in [5.74, 6) is 2.58. The molecule has 0 bridgehead atoms. The maximum absolute atomic E-state index is 11.8. The van der Waals surface area contributed by atoms with Crippen molar-refractivity contribution in [3.63, 3.8) is 0 Å². The van der Waals surface area contributed by atoms with Crippen molar-refractivity contribution >= 4 is 50.2 Å². The van der Waals surface area contributed by atoms with Gasteiger partial charge >= 0.3 is 6.09 Å². The van der Waals surface area contributed by atoms with E-state index < -0.39 is 6.09 Å². The van der Waals surface area contributed by atoms with Crippen molar-refractivity contribution in [2.24, 2.45) is 0 Å². The van der Waals surface area contributed by atoms with Crippen LogP contribution in [0.15, 0.2) is 34.7 Å². The fraction of sp³-hybridized carbons (Fsp3) is 0.368. The summed E-state index contributed by atoms with van der Waals surface area (Å²) in [6.45, 7) is 0. The van der Waals surface area contributed by atoms with E-state index in [1.54, 1.807) is 6.20 Å². The molecule has 1 aromatic heterocycles. The molecule has 1 saturated carbocycles. The highest BCUT2D eigenvalue weighted by molar-refractivity contribution is 9.10. The molecular formula is C19H19BrN4O3. The molecule has 1 aromatic carbocycles. The number of aromatic nitrogens is 1. The lowest BCUT2D eigenvalue weighted by molar-refractivity contribution is 0.185. The summed E-state index contributed by atoms with van der Waals surface area (Å²) in [5, 5.41) is 12.5. The molecule has 0 spiro atoms. The summed E-state index contributed by atoms with van der Waals surface area (Å²) in [6, 6.07) is 6.00. The molecule has 8 heteroatoms. The number of carbonyl (C=O) groups excluding carboxylic acids is 1. The summed E-state index contributed by atoms with van der Waals surface area (Å²) in [5.41, 5.74) is 2.71. The van der Waals surface area contributed by atoms with Crippen LogP contribution < -0.4 is 15.1 Å². The van der Waals surface area contributed by atoms with Crippen molar-refractivity contribution in [3.05, 3.63) is 34.7 Å². The second kappa shape index (κ2) is 6.87. The van der Waals surface area contributed by atoms with E-state index in [-0.39, 0.29) is 12.1 Å². The highest BCUT2D eigenvalue weighted by Crippen LogP contribution is 2.47. The Hall–Kier alpha value is -2.57. The first-order chi connectivity index (χ1) is 13.0. The third kappa shape index (κ3) is 3.05. The van der Waals surface area contributed by atoms with Crippen LogP contribution in [0.25, 0.3) is 10.9 Å². The fourth-order valence-corrected chi connectivity index (χ4v) is 4.51. The number of pyridine rings is 1. The van der Waals surface area contributed by atoms with Gasteiger partial charge in [0, 0.05) is 29.0 Å². The Bertz CT molecular complexity index is 965. The maximum Gasteiger partial charge on any atom is 0.404 e. The van der Waals surface area contributed by atoms with Gasteiger partial charge in [0.1, 0.15) is 0 Å². The lowest BCUT2D eigenvalue weighted by Gasteiger charge is -2.36. The van der Waals surface area contributed by atoms with Crippen LogP contribution in [0.1, 0.15) is 25.7 Å². The van der Waals surface area contributed by atoms with Crippen molar-refractivity contribution < 1.29 is 14.7 Å². The average molecular weight is 431 g/mol. The van der Waals surface area contributed by atoms with Gasteiger partial charge in [-0.1, -0.05) is 15.9 Å². The van der Waals surface area contributed by atoms with E-state index in [1.165, 1.54) is 0 Å². The predicted molar refractivity (Wildman–Crippen MR) is 107 cm³/mol. The standard InChI is InChI=1S/C19H19BrN4O3/c1-23-16-9-21-15-7-2-11(20)8-14(15)18(16)24(17(23)10-25)13-5-3-12(4-6-13)22-19(26)27/h2,7-9,12-13,22H,3-6H2,1H3,(H,26,27). The minimum atomic E-state index is -0.986. The molecule has 0 saturated heterocycles. The topological polar surface area (TPSA) is 85.8 Å². The van der Waals surface area contributed by atoms with Gasteiger partial charge in [0.15, 0.2) is 5.94 Å². The quantitative estimate of drug-likeness (QED) is 0.708. The van der Waals surface area contributed by atoms with Crippen LogP contribution in [-0.2, 0) is 4.79 Å². The third-order valence-corrected chi connectivity index (χ3v) is 5.90. The number of fused-ring (bicyclic) bond motifs is 3. The van der Waals surface area contributed by atoms with Gasteiger partial charge in [0.05, 0.1) is 23.1 Å². The zero-order valence-corrected chi connectivity index (χ0v) is 16.4. The molecule has 2 N–H and O–H groups in total. The smallest absolute Gasteiger partial charge is 0.404 e. The first-order valence-electron chi connectivity index (χ1n) is 8.85. The van der Waals surface area contributed by atoms with Gasteiger partial charge in [-0.25, -0.2) is 9.59 Å². The van der Waals surface area contributed by atoms with E-state index in [0.717, 1.165) is 52.4 Å². The van der Waals surface area contributed by atoms with E-state index in [0.29, 0.717) is 5.82 Å². The summed E-state index contributed by atoms with van der Waals surface area (Å²) in [6.07, 6.45) is 3.87. The van der Waals surface area contributed by atoms with E-state index in [2.05, 4.69) is 37.1 Å². The van der Waals surface area contributed by atoms with Gasteiger partial charge in [0.2, 0.25) is 5.82 Å². The van der Waals surface area contributed by atoms with Crippen molar-refractivity contribution in [2.45, 2.75) is 37.8 Å². The van der Waals surface area contributed by atoms with E-state index in [1.807, 2.05) is 30.1 Å². The highest BCUT2D eigenvalue weighted by Gasteiger charge is 2.38. The third-order valence-electron chi connectivity index (χ3n) is 5.41. The minimum absolute atomic E-state index is 0.0365. The molecule has 2 aromatic rings. The van der Waals surface area contributed by atoms with E-state index in [9.17, 15) is 9.59 Å². The molecule has 1 fully saturated rings. The molecule has 27 heavy (non-hydrogen) atoms. The van der Waals surface area contributed by atoms with Crippen molar-refractivity contribution in [1.29, 1.82) is 0 Å². The molecule has 2 heterocycles. The van der Waals surface area contributed by atoms with Gasteiger partial charge in [-0.05, 0) is 43.9 Å². The number of hydrogen-bond acceptors (Lipinski definition) is 5. The lowest BCUT2D eigenvalue weighted by atomic mass is 9.90. The number of carbonyl (C=O) groups is 1. The maximum atomic E-state index is 11.8. The lowest BCUT2D eigenvalue weighted by Crippen LogP contribution is -2.43. The molecule has 0 atom stereocenters. The molecule has 0 unspecified atom stereocenters. The summed E-state index contributed by atoms with van der Waals surface area (Å²) >= 11 is 3.53. The molecule has 0 radical (unpaired) electrons. The van der Waals surface area contributed by atoms with Gasteiger partial charge in [0.25, 0.3) is 0 Å². The van der Waals surface area contributed by atoms with Crippen LogP contribution in [0.2, 0.25) is 0 Å². The van der Waals surface area contributed by atoms with Crippen LogP contribution in [0, 0.1) is 0 Å². The number of benzene rings is 1. The summed E-state index contributed by atoms with van der Waals surface area (Å²) in [4.78, 5) is 31.1. The van der Waals surface area contributed by atoms with Crippen molar-refractivity contribution in [3.8, 4) is 0 Å². The van der Waals surface area contributed by atoms with Gasteiger partial charge in [-0.3, -0.25) is 4.98 Å². The van der Waals surface area contributed by atoms with Gasteiger partial charge in [-0.2, -0.15) is 0 Å². The highest BCUT2D eigenvalue weighted by atomic mass is 79.9. The number of carboxylic acid groups (broad SMARTS) is 1. The molecule has 1 aliphatic carbocycles. The SMILES string of the molecule is CN1C(=C=O)N(C2CCC(NC(=O)O)CC2)c2c1cnc1ccc(Br)cc21. The zero-order chi connectivity index (χ0) is 19.1. The summed E-state index contributed by atoms with van der Waals surface area (Å²) in [7, 11) is 1.85. The van der Waals surface area contributed by atoms with Crippen LogP contribution in [-0.4, -0.2) is 41.3 Å². The molecule has 140 valence electrons.